The largest absolute Gasteiger partial charge is 0.489 e. The van der Waals surface area contributed by atoms with Crippen molar-refractivity contribution < 1.29 is 13.9 Å². The average Bonchev–Trinajstić information content (AvgIpc) is 2.84. The normalized spacial score (nSPS) is 26.3. The Morgan fingerprint density at radius 3 is 2.75 bits per heavy atom. The van der Waals surface area contributed by atoms with Crippen molar-refractivity contribution in [1.82, 2.24) is 10.6 Å². The lowest BCUT2D eigenvalue weighted by Crippen LogP contribution is -2.40. The van der Waals surface area contributed by atoms with Gasteiger partial charge in [-0.15, -0.1) is 12.4 Å². The van der Waals surface area contributed by atoms with Crippen molar-refractivity contribution >= 4 is 18.3 Å². The number of nitrogens with one attached hydrogen (secondary N) is 2. The van der Waals surface area contributed by atoms with Gasteiger partial charge in [0, 0.05) is 24.6 Å². The minimum absolute atomic E-state index is 0. The standard InChI is InChI=1S/C18H25FN2O2.ClH/c1-12(23-17-4-2-3-14(19)10-17)11-20-18(22)9-13-7-15-5-6-16(8-13)21-15;/h2-4,10,12-13,15-16,21H,5-9,11H2,1H3,(H,20,22);1H. The highest BCUT2D eigenvalue weighted by Gasteiger charge is 2.34. The molecule has 3 rings (SSSR count). The van der Waals surface area contributed by atoms with Crippen LogP contribution in [0.15, 0.2) is 24.3 Å². The van der Waals surface area contributed by atoms with Gasteiger partial charge in [0.15, 0.2) is 0 Å². The molecule has 0 aromatic heterocycles. The summed E-state index contributed by atoms with van der Waals surface area (Å²) in [5.41, 5.74) is 0. The van der Waals surface area contributed by atoms with Gasteiger partial charge in [0.05, 0.1) is 6.54 Å². The van der Waals surface area contributed by atoms with Crippen LogP contribution < -0.4 is 15.4 Å². The Bertz CT molecular complexity index is 546. The van der Waals surface area contributed by atoms with E-state index in [2.05, 4.69) is 10.6 Å². The minimum atomic E-state index is -0.320. The van der Waals surface area contributed by atoms with E-state index in [4.69, 9.17) is 4.74 Å². The molecule has 1 aromatic rings. The van der Waals surface area contributed by atoms with Crippen LogP contribution in [0.3, 0.4) is 0 Å². The number of carbonyl (C=O) groups excluding carboxylic acids is 1. The van der Waals surface area contributed by atoms with E-state index in [1.54, 1.807) is 12.1 Å². The van der Waals surface area contributed by atoms with Crippen LogP contribution in [-0.2, 0) is 4.79 Å². The Balaban J connectivity index is 0.00000208. The van der Waals surface area contributed by atoms with Gasteiger partial charge in [0.2, 0.25) is 5.91 Å². The van der Waals surface area contributed by atoms with Gasteiger partial charge in [-0.05, 0) is 50.7 Å². The first kappa shape index (κ1) is 19.0. The molecule has 2 fully saturated rings. The second-order valence-corrected chi connectivity index (χ2v) is 6.87. The first-order valence-corrected chi connectivity index (χ1v) is 8.53. The fraction of sp³-hybridized carbons (Fsp3) is 0.611. The SMILES string of the molecule is CC(CNC(=O)CC1CC2CCC(C1)N2)Oc1cccc(F)c1.Cl. The quantitative estimate of drug-likeness (QED) is 0.823. The third kappa shape index (κ3) is 5.35. The lowest BCUT2D eigenvalue weighted by Gasteiger charge is -2.28. The highest BCUT2D eigenvalue weighted by Crippen LogP contribution is 2.32. The number of rotatable bonds is 6. The van der Waals surface area contributed by atoms with Crippen LogP contribution in [0.1, 0.15) is 39.0 Å². The lowest BCUT2D eigenvalue weighted by molar-refractivity contribution is -0.122. The Kier molecular flexibility index (Phi) is 6.87. The predicted octanol–water partition coefficient (Wildman–Crippen LogP) is 3.05. The maximum Gasteiger partial charge on any atom is 0.220 e. The van der Waals surface area contributed by atoms with E-state index < -0.39 is 0 Å². The molecular weight excluding hydrogens is 331 g/mol. The van der Waals surface area contributed by atoms with E-state index in [9.17, 15) is 9.18 Å². The summed E-state index contributed by atoms with van der Waals surface area (Å²) >= 11 is 0. The summed E-state index contributed by atoms with van der Waals surface area (Å²) in [6, 6.07) is 7.28. The molecule has 2 N–H and O–H groups in total. The smallest absolute Gasteiger partial charge is 0.220 e. The van der Waals surface area contributed by atoms with E-state index in [-0.39, 0.29) is 30.2 Å². The van der Waals surface area contributed by atoms with Gasteiger partial charge in [0.25, 0.3) is 0 Å². The van der Waals surface area contributed by atoms with Crippen molar-refractivity contribution in [2.75, 3.05) is 6.54 Å². The van der Waals surface area contributed by atoms with Gasteiger partial charge in [-0.1, -0.05) is 6.07 Å². The number of benzene rings is 1. The van der Waals surface area contributed by atoms with E-state index in [0.717, 1.165) is 12.8 Å². The molecule has 6 heteroatoms. The summed E-state index contributed by atoms with van der Waals surface area (Å²) in [5.74, 6) is 0.750. The van der Waals surface area contributed by atoms with Gasteiger partial charge in [0.1, 0.15) is 17.7 Å². The summed E-state index contributed by atoms with van der Waals surface area (Å²) in [6.45, 7) is 2.31. The van der Waals surface area contributed by atoms with E-state index in [1.807, 2.05) is 6.92 Å². The number of piperidine rings is 1. The second-order valence-electron chi connectivity index (χ2n) is 6.87. The monoisotopic (exact) mass is 356 g/mol. The molecule has 2 heterocycles. The van der Waals surface area contributed by atoms with Crippen LogP contribution in [-0.4, -0.2) is 30.6 Å². The molecule has 4 nitrogen and oxygen atoms in total. The molecule has 2 saturated heterocycles. The molecule has 1 aromatic carbocycles. The van der Waals surface area contributed by atoms with Crippen LogP contribution in [0.5, 0.6) is 5.75 Å². The van der Waals surface area contributed by atoms with E-state index >= 15 is 0 Å². The first-order valence-electron chi connectivity index (χ1n) is 8.53. The van der Waals surface area contributed by atoms with Crippen molar-refractivity contribution in [3.63, 3.8) is 0 Å². The number of carbonyl (C=O) groups is 1. The van der Waals surface area contributed by atoms with Crippen LogP contribution >= 0.6 is 12.4 Å². The molecule has 0 aliphatic carbocycles. The number of hydrogen-bond acceptors (Lipinski definition) is 3. The van der Waals surface area contributed by atoms with Gasteiger partial charge < -0.3 is 15.4 Å². The third-order valence-corrected chi connectivity index (χ3v) is 4.76. The summed E-state index contributed by atoms with van der Waals surface area (Å²) in [6.07, 6.45) is 5.13. The third-order valence-electron chi connectivity index (χ3n) is 4.76. The number of amides is 1. The molecular formula is C18H26ClFN2O2. The van der Waals surface area contributed by atoms with Crippen molar-refractivity contribution in [2.45, 2.75) is 57.2 Å². The average molecular weight is 357 g/mol. The maximum atomic E-state index is 13.1. The number of halogens is 2. The lowest BCUT2D eigenvalue weighted by atomic mass is 9.89. The van der Waals surface area contributed by atoms with Crippen molar-refractivity contribution in [1.29, 1.82) is 0 Å². The van der Waals surface area contributed by atoms with Gasteiger partial charge in [-0.2, -0.15) is 0 Å². The van der Waals surface area contributed by atoms with Crippen LogP contribution in [0.2, 0.25) is 0 Å². The van der Waals surface area contributed by atoms with Crippen LogP contribution in [0, 0.1) is 11.7 Å². The Hall–Kier alpha value is -1.33. The maximum absolute atomic E-state index is 13.1. The molecule has 2 bridgehead atoms. The fourth-order valence-corrected chi connectivity index (χ4v) is 3.75. The summed E-state index contributed by atoms with van der Waals surface area (Å²) in [5, 5.41) is 6.53. The molecule has 24 heavy (non-hydrogen) atoms. The van der Waals surface area contributed by atoms with Gasteiger partial charge >= 0.3 is 0 Å². The second kappa shape index (κ2) is 8.67. The predicted molar refractivity (Wildman–Crippen MR) is 94.0 cm³/mol. The minimum Gasteiger partial charge on any atom is -0.489 e. The summed E-state index contributed by atoms with van der Waals surface area (Å²) in [4.78, 5) is 12.1. The van der Waals surface area contributed by atoms with Crippen molar-refractivity contribution in [3.8, 4) is 5.75 Å². The van der Waals surface area contributed by atoms with Gasteiger partial charge in [-0.25, -0.2) is 4.39 Å². The zero-order valence-corrected chi connectivity index (χ0v) is 14.8. The topological polar surface area (TPSA) is 50.4 Å². The fourth-order valence-electron chi connectivity index (χ4n) is 3.75. The van der Waals surface area contributed by atoms with Crippen molar-refractivity contribution in [2.24, 2.45) is 5.92 Å². The summed E-state index contributed by atoms with van der Waals surface area (Å²) < 4.78 is 18.7. The van der Waals surface area contributed by atoms with Gasteiger partial charge in [-0.3, -0.25) is 4.79 Å². The number of ether oxygens (including phenoxy) is 1. The Labute approximate surface area is 148 Å². The molecule has 2 aliphatic heterocycles. The Morgan fingerprint density at radius 1 is 1.38 bits per heavy atom. The molecule has 0 radical (unpaired) electrons. The zero-order valence-electron chi connectivity index (χ0n) is 14.0. The highest BCUT2D eigenvalue weighted by molar-refractivity contribution is 5.85. The zero-order chi connectivity index (χ0) is 16.2. The number of hydrogen-bond donors (Lipinski definition) is 2. The first-order chi connectivity index (χ1) is 11.1. The van der Waals surface area contributed by atoms with Crippen LogP contribution in [0.4, 0.5) is 4.39 Å². The van der Waals surface area contributed by atoms with Crippen LogP contribution in [0.25, 0.3) is 0 Å². The van der Waals surface area contributed by atoms with Crippen molar-refractivity contribution in [3.05, 3.63) is 30.1 Å². The summed E-state index contributed by atoms with van der Waals surface area (Å²) in [7, 11) is 0. The van der Waals surface area contributed by atoms with E-state index in [1.165, 1.54) is 25.0 Å². The molecule has 3 unspecified atom stereocenters. The molecule has 0 saturated carbocycles. The molecule has 3 atom stereocenters. The highest BCUT2D eigenvalue weighted by atomic mass is 35.5. The van der Waals surface area contributed by atoms with E-state index in [0.29, 0.717) is 36.7 Å². The molecule has 1 amide bonds. The molecule has 0 spiro atoms. The molecule has 2 aliphatic rings. The number of fused-ring (bicyclic) bond motifs is 2. The molecule has 134 valence electrons. The Morgan fingerprint density at radius 2 is 2.08 bits per heavy atom.